The van der Waals surface area contributed by atoms with Crippen LogP contribution in [0.1, 0.15) is 22.6 Å². The van der Waals surface area contributed by atoms with Gasteiger partial charge in [0.1, 0.15) is 11.5 Å². The second kappa shape index (κ2) is 9.37. The molecule has 0 saturated carbocycles. The van der Waals surface area contributed by atoms with Gasteiger partial charge in [-0.15, -0.1) is 0 Å². The molecule has 2 aromatic carbocycles. The van der Waals surface area contributed by atoms with Crippen molar-refractivity contribution in [3.63, 3.8) is 0 Å². The summed E-state index contributed by atoms with van der Waals surface area (Å²) in [5.41, 5.74) is 8.61. The lowest BCUT2D eigenvalue weighted by Gasteiger charge is -2.36. The van der Waals surface area contributed by atoms with Gasteiger partial charge >= 0.3 is 11.9 Å². The first kappa shape index (κ1) is 22.6. The summed E-state index contributed by atoms with van der Waals surface area (Å²) in [6, 6.07) is 16.0. The molecule has 0 saturated heterocycles. The number of rotatable bonds is 5. The van der Waals surface area contributed by atoms with Crippen LogP contribution in [0.5, 0.6) is 0 Å². The number of esters is 2. The molecule has 0 aliphatic carbocycles. The van der Waals surface area contributed by atoms with Crippen molar-refractivity contribution >= 4 is 17.6 Å². The molecule has 0 spiro atoms. The molecule has 1 atom stereocenters. The number of ether oxygens (including phenoxy) is 2. The van der Waals surface area contributed by atoms with E-state index in [1.165, 1.54) is 19.1 Å². The van der Waals surface area contributed by atoms with E-state index in [0.717, 1.165) is 0 Å². The molecule has 8 heteroatoms. The van der Waals surface area contributed by atoms with Crippen LogP contribution in [0, 0.1) is 18.3 Å². The second-order valence-electron chi connectivity index (χ2n) is 7.11. The number of allylic oxidation sites excluding steroid dienone is 1. The highest BCUT2D eigenvalue weighted by atomic mass is 16.5. The van der Waals surface area contributed by atoms with Crippen molar-refractivity contribution in [2.45, 2.75) is 19.4 Å². The number of anilines is 1. The third kappa shape index (κ3) is 3.82. The van der Waals surface area contributed by atoms with Gasteiger partial charge in [0.05, 0.1) is 49.6 Å². The normalized spacial score (nSPS) is 16.0. The van der Waals surface area contributed by atoms with E-state index in [1.807, 2.05) is 0 Å². The fourth-order valence-electron chi connectivity index (χ4n) is 3.76. The fraction of sp³-hybridized carbons (Fsp3) is 0.208. The molecule has 0 fully saturated rings. The quantitative estimate of drug-likeness (QED) is 0.689. The van der Waals surface area contributed by atoms with Crippen molar-refractivity contribution < 1.29 is 24.2 Å². The number of carbonyl (C=O) groups excluding carboxylic acids is 2. The molecule has 0 bridgehead atoms. The number of aryl methyl sites for hydroxylation is 1. The van der Waals surface area contributed by atoms with Crippen LogP contribution >= 0.6 is 0 Å². The average Bonchev–Trinajstić information content (AvgIpc) is 2.83. The maximum atomic E-state index is 13.0. The molecular formula is C24H23N3O5. The van der Waals surface area contributed by atoms with E-state index in [2.05, 4.69) is 6.07 Å². The van der Waals surface area contributed by atoms with Crippen LogP contribution in [0.25, 0.3) is 0 Å². The topological polar surface area (TPSA) is 126 Å². The largest absolute Gasteiger partial charge is 0.466 e. The molecule has 1 unspecified atom stereocenters. The Morgan fingerprint density at radius 1 is 1.12 bits per heavy atom. The number of hydrogen-bond acceptors (Lipinski definition) is 8. The Bertz CT molecular complexity index is 1160. The van der Waals surface area contributed by atoms with Gasteiger partial charge in [-0.05, 0) is 29.7 Å². The Morgan fingerprint density at radius 3 is 2.34 bits per heavy atom. The first-order chi connectivity index (χ1) is 15.4. The number of methoxy groups -OCH3 is 2. The third-order valence-electron chi connectivity index (χ3n) is 5.31. The molecule has 1 aliphatic rings. The minimum atomic E-state index is -0.930. The molecule has 1 aliphatic heterocycles. The fourth-order valence-corrected chi connectivity index (χ4v) is 3.76. The smallest absolute Gasteiger partial charge is 0.355 e. The van der Waals surface area contributed by atoms with Gasteiger partial charge in [0, 0.05) is 0 Å². The van der Waals surface area contributed by atoms with Gasteiger partial charge in [0.25, 0.3) is 0 Å². The Kier molecular flexibility index (Phi) is 6.61. The maximum absolute atomic E-state index is 13.0. The number of nitrogens with two attached hydrogens (primary N) is 1. The second-order valence-corrected chi connectivity index (χ2v) is 7.11. The first-order valence-electron chi connectivity index (χ1n) is 9.75. The standard InChI is InChI=1S/C24H23N3O5/c1-14-9-10-15(13-28)11-18(14)27-21(24(30)32-3)20(23(29)31-2)19(17(12-25)22(27)26)16-7-5-4-6-8-16/h4-11,19,28H,13,26H2,1-3H3. The van der Waals surface area contributed by atoms with Gasteiger partial charge in [-0.25, -0.2) is 9.59 Å². The van der Waals surface area contributed by atoms with Gasteiger partial charge in [0.2, 0.25) is 0 Å². The summed E-state index contributed by atoms with van der Waals surface area (Å²) in [5, 5.41) is 19.7. The van der Waals surface area contributed by atoms with Crippen LogP contribution in [0.2, 0.25) is 0 Å². The molecule has 0 amide bonds. The lowest BCUT2D eigenvalue weighted by Crippen LogP contribution is -2.41. The minimum absolute atomic E-state index is 0.0207. The van der Waals surface area contributed by atoms with Crippen LogP contribution in [0.4, 0.5) is 5.69 Å². The van der Waals surface area contributed by atoms with Crippen molar-refractivity contribution in [3.8, 4) is 6.07 Å². The number of nitrogens with zero attached hydrogens (tertiary/aromatic N) is 2. The van der Waals surface area contributed by atoms with E-state index in [1.54, 1.807) is 55.5 Å². The van der Waals surface area contributed by atoms with E-state index in [9.17, 15) is 20.0 Å². The molecule has 8 nitrogen and oxygen atoms in total. The number of hydrogen-bond donors (Lipinski definition) is 2. The van der Waals surface area contributed by atoms with E-state index < -0.39 is 17.9 Å². The predicted molar refractivity (Wildman–Crippen MR) is 117 cm³/mol. The molecule has 2 aromatic rings. The van der Waals surface area contributed by atoms with Crippen molar-refractivity contribution in [1.82, 2.24) is 0 Å². The SMILES string of the molecule is COC(=O)C1=C(C(=O)OC)N(c2cc(CO)ccc2C)C(N)=C(C#N)C1c1ccccc1. The highest BCUT2D eigenvalue weighted by Crippen LogP contribution is 2.43. The maximum Gasteiger partial charge on any atom is 0.355 e. The summed E-state index contributed by atoms with van der Waals surface area (Å²) in [6.45, 7) is 1.54. The number of benzene rings is 2. The van der Waals surface area contributed by atoms with E-state index in [0.29, 0.717) is 22.4 Å². The summed E-state index contributed by atoms with van der Waals surface area (Å²) < 4.78 is 10.0. The van der Waals surface area contributed by atoms with Gasteiger partial charge in [-0.3, -0.25) is 4.90 Å². The monoisotopic (exact) mass is 433 g/mol. The van der Waals surface area contributed by atoms with Gasteiger partial charge in [-0.1, -0.05) is 42.5 Å². The number of nitriles is 1. The molecule has 0 radical (unpaired) electrons. The molecule has 164 valence electrons. The van der Waals surface area contributed by atoms with Crippen LogP contribution in [0.15, 0.2) is 71.2 Å². The highest BCUT2D eigenvalue weighted by molar-refractivity contribution is 6.06. The Hall–Kier alpha value is -4.09. The Balaban J connectivity index is 2.44. The summed E-state index contributed by atoms with van der Waals surface area (Å²) in [5.74, 6) is -2.56. The van der Waals surface area contributed by atoms with Crippen LogP contribution in [-0.4, -0.2) is 31.3 Å². The lowest BCUT2D eigenvalue weighted by atomic mass is 9.80. The zero-order valence-electron chi connectivity index (χ0n) is 18.0. The molecule has 3 rings (SSSR count). The predicted octanol–water partition coefficient (Wildman–Crippen LogP) is 2.39. The average molecular weight is 433 g/mol. The van der Waals surface area contributed by atoms with Gasteiger partial charge < -0.3 is 20.3 Å². The Labute approximate surface area is 185 Å². The molecule has 3 N–H and O–H groups in total. The summed E-state index contributed by atoms with van der Waals surface area (Å²) in [6.07, 6.45) is 0. The summed E-state index contributed by atoms with van der Waals surface area (Å²) >= 11 is 0. The molecule has 0 aromatic heterocycles. The zero-order chi connectivity index (χ0) is 23.4. The van der Waals surface area contributed by atoms with Crippen LogP contribution in [0.3, 0.4) is 0 Å². The van der Waals surface area contributed by atoms with Crippen LogP contribution < -0.4 is 10.6 Å². The third-order valence-corrected chi connectivity index (χ3v) is 5.31. The van der Waals surface area contributed by atoms with Crippen LogP contribution in [-0.2, 0) is 25.7 Å². The van der Waals surface area contributed by atoms with E-state index in [-0.39, 0.29) is 29.3 Å². The van der Waals surface area contributed by atoms with E-state index >= 15 is 0 Å². The van der Waals surface area contributed by atoms with Crippen molar-refractivity contribution in [2.24, 2.45) is 5.73 Å². The highest BCUT2D eigenvalue weighted by Gasteiger charge is 2.43. The number of aliphatic hydroxyl groups excluding tert-OH is 1. The number of aliphatic hydroxyl groups is 1. The van der Waals surface area contributed by atoms with Crippen molar-refractivity contribution in [2.75, 3.05) is 19.1 Å². The number of carbonyl (C=O) groups is 2. The summed E-state index contributed by atoms with van der Waals surface area (Å²) in [4.78, 5) is 27.4. The van der Waals surface area contributed by atoms with Crippen molar-refractivity contribution in [3.05, 3.63) is 87.9 Å². The lowest BCUT2D eigenvalue weighted by molar-refractivity contribution is -0.139. The molecule has 32 heavy (non-hydrogen) atoms. The Morgan fingerprint density at radius 2 is 1.78 bits per heavy atom. The van der Waals surface area contributed by atoms with Crippen molar-refractivity contribution in [1.29, 1.82) is 5.26 Å². The first-order valence-corrected chi connectivity index (χ1v) is 9.75. The van der Waals surface area contributed by atoms with Gasteiger partial charge in [0.15, 0.2) is 0 Å². The van der Waals surface area contributed by atoms with Gasteiger partial charge in [-0.2, -0.15) is 5.26 Å². The zero-order valence-corrected chi connectivity index (χ0v) is 18.0. The van der Waals surface area contributed by atoms with E-state index in [4.69, 9.17) is 15.2 Å². The molecule has 1 heterocycles. The minimum Gasteiger partial charge on any atom is -0.466 e. The molecular weight excluding hydrogens is 410 g/mol. The summed E-state index contributed by atoms with van der Waals surface area (Å²) in [7, 11) is 2.39.